The lowest BCUT2D eigenvalue weighted by Crippen LogP contribution is -2.42. The van der Waals surface area contributed by atoms with E-state index in [4.69, 9.17) is 10.7 Å². The van der Waals surface area contributed by atoms with E-state index < -0.39 is 17.9 Å². The van der Waals surface area contributed by atoms with Crippen molar-refractivity contribution in [3.05, 3.63) is 84.1 Å². The van der Waals surface area contributed by atoms with Gasteiger partial charge in [0.05, 0.1) is 29.4 Å². The average molecular weight is 399 g/mol. The highest BCUT2D eigenvalue weighted by Gasteiger charge is 2.20. The van der Waals surface area contributed by atoms with Gasteiger partial charge in [0.2, 0.25) is 5.91 Å². The highest BCUT2D eigenvalue weighted by atomic mass is 16.2. The SMILES string of the molecule is C[C@H](NC(=O)c1cc(-c2ccccc2)nc2c1cnn2Cc1ccccc1)C(N)=O. The van der Waals surface area contributed by atoms with E-state index in [2.05, 4.69) is 10.4 Å². The van der Waals surface area contributed by atoms with Crippen LogP contribution in [0.4, 0.5) is 0 Å². The van der Waals surface area contributed by atoms with Gasteiger partial charge in [0.15, 0.2) is 5.65 Å². The summed E-state index contributed by atoms with van der Waals surface area (Å²) in [5.74, 6) is -0.998. The smallest absolute Gasteiger partial charge is 0.252 e. The number of carbonyl (C=O) groups is 2. The minimum atomic E-state index is -0.791. The minimum absolute atomic E-state index is 0.395. The Kier molecular flexibility index (Phi) is 5.26. The quantitative estimate of drug-likeness (QED) is 0.520. The monoisotopic (exact) mass is 399 g/mol. The molecule has 0 aliphatic heterocycles. The number of primary amides is 1. The zero-order valence-corrected chi connectivity index (χ0v) is 16.4. The maximum Gasteiger partial charge on any atom is 0.252 e. The standard InChI is InChI=1S/C23H21N5O2/c1-15(21(24)29)26-23(30)18-12-20(17-10-6-3-7-11-17)27-22-19(18)13-25-28(22)14-16-8-4-2-5-9-16/h2-13,15H,14H2,1H3,(H2,24,29)(H,26,30)/t15-/m0/s1. The number of carbonyl (C=O) groups excluding carboxylic acids is 2. The third kappa shape index (κ3) is 3.91. The average Bonchev–Trinajstić information content (AvgIpc) is 3.17. The van der Waals surface area contributed by atoms with Crippen LogP contribution in [0.1, 0.15) is 22.8 Å². The molecule has 2 amide bonds. The van der Waals surface area contributed by atoms with Crippen LogP contribution in [-0.2, 0) is 11.3 Å². The van der Waals surface area contributed by atoms with Gasteiger partial charge in [0.25, 0.3) is 5.91 Å². The third-order valence-electron chi connectivity index (χ3n) is 4.87. The molecule has 0 saturated heterocycles. The maximum absolute atomic E-state index is 12.9. The van der Waals surface area contributed by atoms with Crippen molar-refractivity contribution < 1.29 is 9.59 Å². The Morgan fingerprint density at radius 1 is 1.07 bits per heavy atom. The highest BCUT2D eigenvalue weighted by Crippen LogP contribution is 2.25. The number of aromatic nitrogens is 3. The van der Waals surface area contributed by atoms with Crippen LogP contribution in [0.5, 0.6) is 0 Å². The lowest BCUT2D eigenvalue weighted by Gasteiger charge is -2.12. The molecule has 7 nitrogen and oxygen atoms in total. The van der Waals surface area contributed by atoms with E-state index in [9.17, 15) is 9.59 Å². The van der Waals surface area contributed by atoms with Gasteiger partial charge in [-0.2, -0.15) is 5.10 Å². The third-order valence-corrected chi connectivity index (χ3v) is 4.87. The molecule has 30 heavy (non-hydrogen) atoms. The molecule has 0 unspecified atom stereocenters. The normalized spacial score (nSPS) is 11.9. The van der Waals surface area contributed by atoms with Crippen LogP contribution in [0.3, 0.4) is 0 Å². The second-order valence-corrected chi connectivity index (χ2v) is 7.04. The van der Waals surface area contributed by atoms with Crippen LogP contribution >= 0.6 is 0 Å². The molecular formula is C23H21N5O2. The lowest BCUT2D eigenvalue weighted by molar-refractivity contribution is -0.119. The summed E-state index contributed by atoms with van der Waals surface area (Å²) < 4.78 is 1.77. The van der Waals surface area contributed by atoms with E-state index in [1.54, 1.807) is 23.9 Å². The van der Waals surface area contributed by atoms with Crippen LogP contribution in [-0.4, -0.2) is 32.6 Å². The first kappa shape index (κ1) is 19.3. The maximum atomic E-state index is 12.9. The summed E-state index contributed by atoms with van der Waals surface area (Å²) in [6.45, 7) is 2.07. The molecule has 3 N–H and O–H groups in total. The molecule has 0 aliphatic rings. The van der Waals surface area contributed by atoms with Crippen molar-refractivity contribution in [1.29, 1.82) is 0 Å². The lowest BCUT2D eigenvalue weighted by atomic mass is 10.1. The number of nitrogens with zero attached hydrogens (tertiary/aromatic N) is 3. The van der Waals surface area contributed by atoms with Crippen molar-refractivity contribution in [2.75, 3.05) is 0 Å². The number of pyridine rings is 1. The first-order valence-corrected chi connectivity index (χ1v) is 9.59. The molecule has 0 aliphatic carbocycles. The van der Waals surface area contributed by atoms with Crippen LogP contribution in [0, 0.1) is 0 Å². The van der Waals surface area contributed by atoms with Crippen LogP contribution in [0.2, 0.25) is 0 Å². The fourth-order valence-electron chi connectivity index (χ4n) is 3.21. The van der Waals surface area contributed by atoms with E-state index in [0.717, 1.165) is 11.1 Å². The van der Waals surface area contributed by atoms with E-state index in [1.165, 1.54) is 0 Å². The van der Waals surface area contributed by atoms with Gasteiger partial charge >= 0.3 is 0 Å². The first-order valence-electron chi connectivity index (χ1n) is 9.59. The van der Waals surface area contributed by atoms with Crippen molar-refractivity contribution in [3.8, 4) is 11.3 Å². The molecule has 2 aromatic heterocycles. The summed E-state index contributed by atoms with van der Waals surface area (Å²) in [6, 6.07) is 20.4. The minimum Gasteiger partial charge on any atom is -0.368 e. The Morgan fingerprint density at radius 2 is 1.73 bits per heavy atom. The summed E-state index contributed by atoms with van der Waals surface area (Å²) in [6.07, 6.45) is 1.63. The number of amides is 2. The largest absolute Gasteiger partial charge is 0.368 e. The number of nitrogens with one attached hydrogen (secondary N) is 1. The Hall–Kier alpha value is -4.00. The summed E-state index contributed by atoms with van der Waals surface area (Å²) in [4.78, 5) is 29.1. The summed E-state index contributed by atoms with van der Waals surface area (Å²) >= 11 is 0. The van der Waals surface area contributed by atoms with Gasteiger partial charge in [0.1, 0.15) is 6.04 Å². The predicted octanol–water partition coefficient (Wildman–Crippen LogP) is 2.75. The van der Waals surface area contributed by atoms with Crippen molar-refractivity contribution in [2.24, 2.45) is 5.73 Å². The van der Waals surface area contributed by atoms with Gasteiger partial charge in [-0.1, -0.05) is 60.7 Å². The highest BCUT2D eigenvalue weighted by molar-refractivity contribution is 6.07. The summed E-state index contributed by atoms with van der Waals surface area (Å²) in [7, 11) is 0. The van der Waals surface area contributed by atoms with Gasteiger partial charge < -0.3 is 11.1 Å². The van der Waals surface area contributed by atoms with Crippen LogP contribution < -0.4 is 11.1 Å². The first-order chi connectivity index (χ1) is 14.5. The van der Waals surface area contributed by atoms with E-state index in [1.807, 2.05) is 60.7 Å². The van der Waals surface area contributed by atoms with Gasteiger partial charge in [0, 0.05) is 5.56 Å². The van der Waals surface area contributed by atoms with Crippen LogP contribution in [0.15, 0.2) is 72.9 Å². The Morgan fingerprint density at radius 3 is 2.40 bits per heavy atom. The number of rotatable bonds is 6. The Labute approximate surface area is 173 Å². The molecule has 150 valence electrons. The number of nitrogens with two attached hydrogens (primary N) is 1. The van der Waals surface area contributed by atoms with Crippen molar-refractivity contribution in [2.45, 2.75) is 19.5 Å². The zero-order valence-electron chi connectivity index (χ0n) is 16.4. The van der Waals surface area contributed by atoms with Gasteiger partial charge in [-0.3, -0.25) is 9.59 Å². The molecule has 0 saturated carbocycles. The fraction of sp³-hybridized carbons (Fsp3) is 0.130. The molecule has 4 rings (SSSR count). The van der Waals surface area contributed by atoms with Gasteiger partial charge in [-0.05, 0) is 18.6 Å². The molecule has 0 fully saturated rings. The predicted molar refractivity (Wildman–Crippen MR) is 115 cm³/mol. The molecular weight excluding hydrogens is 378 g/mol. The molecule has 0 spiro atoms. The molecule has 4 aromatic rings. The van der Waals surface area contributed by atoms with Gasteiger partial charge in [-0.15, -0.1) is 0 Å². The molecule has 7 heteroatoms. The molecule has 0 radical (unpaired) electrons. The van der Waals surface area contributed by atoms with E-state index in [-0.39, 0.29) is 0 Å². The second-order valence-electron chi connectivity index (χ2n) is 7.04. The topological polar surface area (TPSA) is 103 Å². The molecule has 0 bridgehead atoms. The van der Waals surface area contributed by atoms with Crippen LogP contribution in [0.25, 0.3) is 22.3 Å². The van der Waals surface area contributed by atoms with Crippen molar-refractivity contribution in [1.82, 2.24) is 20.1 Å². The van der Waals surface area contributed by atoms with Crippen molar-refractivity contribution in [3.63, 3.8) is 0 Å². The van der Waals surface area contributed by atoms with E-state index >= 15 is 0 Å². The molecule has 2 aromatic carbocycles. The summed E-state index contributed by atoms with van der Waals surface area (Å²) in [5, 5.41) is 7.72. The second kappa shape index (κ2) is 8.16. The fourth-order valence-corrected chi connectivity index (χ4v) is 3.21. The number of fused-ring (bicyclic) bond motifs is 1. The Bertz CT molecular complexity index is 1200. The Balaban J connectivity index is 1.83. The molecule has 1 atom stereocenters. The van der Waals surface area contributed by atoms with E-state index in [0.29, 0.717) is 28.8 Å². The number of benzene rings is 2. The van der Waals surface area contributed by atoms with Gasteiger partial charge in [-0.25, -0.2) is 9.67 Å². The number of hydrogen-bond donors (Lipinski definition) is 2. The zero-order chi connectivity index (χ0) is 21.1. The van der Waals surface area contributed by atoms with Crippen molar-refractivity contribution >= 4 is 22.8 Å². The number of hydrogen-bond acceptors (Lipinski definition) is 4. The summed E-state index contributed by atoms with van der Waals surface area (Å²) in [5.41, 5.74) is 8.89. The molecule has 2 heterocycles.